The van der Waals surface area contributed by atoms with Crippen LogP contribution in [-0.2, 0) is 4.79 Å². The van der Waals surface area contributed by atoms with Gasteiger partial charge in [0.2, 0.25) is 5.91 Å². The number of nitrogens with one attached hydrogen (secondary N) is 1. The maximum absolute atomic E-state index is 11.6. The molecule has 1 atom stereocenters. The summed E-state index contributed by atoms with van der Waals surface area (Å²) in [6, 6.07) is 9.82. The zero-order chi connectivity index (χ0) is 12.5. The van der Waals surface area contributed by atoms with Gasteiger partial charge in [-0.05, 0) is 18.1 Å². The molecule has 1 unspecified atom stereocenters. The van der Waals surface area contributed by atoms with Crippen LogP contribution in [0.5, 0.6) is 0 Å². The first-order valence-electron chi connectivity index (χ1n) is 6.00. The van der Waals surface area contributed by atoms with Crippen molar-refractivity contribution in [3.63, 3.8) is 0 Å². The summed E-state index contributed by atoms with van der Waals surface area (Å²) in [6.07, 6.45) is 5.29. The SMILES string of the molecule is CCCC(CN)NC(=O)C=Cc1ccccc1. The van der Waals surface area contributed by atoms with Crippen molar-refractivity contribution in [3.05, 3.63) is 42.0 Å². The van der Waals surface area contributed by atoms with Gasteiger partial charge >= 0.3 is 0 Å². The molecule has 0 aliphatic heterocycles. The lowest BCUT2D eigenvalue weighted by atomic mass is 10.1. The molecule has 3 nitrogen and oxygen atoms in total. The highest BCUT2D eigenvalue weighted by molar-refractivity contribution is 5.91. The van der Waals surface area contributed by atoms with Crippen LogP contribution in [-0.4, -0.2) is 18.5 Å². The minimum Gasteiger partial charge on any atom is -0.349 e. The number of hydrogen-bond acceptors (Lipinski definition) is 2. The molecular formula is C14H20N2O. The Balaban J connectivity index is 2.46. The molecule has 0 saturated carbocycles. The number of amides is 1. The summed E-state index contributed by atoms with van der Waals surface area (Å²) in [4.78, 5) is 11.6. The summed E-state index contributed by atoms with van der Waals surface area (Å²) in [5.74, 6) is -0.0854. The number of carbonyl (C=O) groups excluding carboxylic acids is 1. The van der Waals surface area contributed by atoms with E-state index >= 15 is 0 Å². The highest BCUT2D eigenvalue weighted by atomic mass is 16.1. The molecule has 0 aliphatic rings. The number of rotatable bonds is 6. The van der Waals surface area contributed by atoms with E-state index in [2.05, 4.69) is 12.2 Å². The van der Waals surface area contributed by atoms with E-state index in [-0.39, 0.29) is 11.9 Å². The van der Waals surface area contributed by atoms with Gasteiger partial charge in [-0.15, -0.1) is 0 Å². The van der Waals surface area contributed by atoms with E-state index in [0.717, 1.165) is 18.4 Å². The highest BCUT2D eigenvalue weighted by Gasteiger charge is 2.06. The Morgan fingerprint density at radius 2 is 2.12 bits per heavy atom. The van der Waals surface area contributed by atoms with Crippen LogP contribution in [0.3, 0.4) is 0 Å². The molecule has 0 heterocycles. The third-order valence-electron chi connectivity index (χ3n) is 2.49. The molecule has 3 N–H and O–H groups in total. The topological polar surface area (TPSA) is 55.1 Å². The summed E-state index contributed by atoms with van der Waals surface area (Å²) in [5.41, 5.74) is 6.59. The fourth-order valence-corrected chi connectivity index (χ4v) is 1.58. The molecule has 17 heavy (non-hydrogen) atoms. The average Bonchev–Trinajstić information content (AvgIpc) is 2.37. The molecule has 92 valence electrons. The second-order valence-corrected chi connectivity index (χ2v) is 3.97. The van der Waals surface area contributed by atoms with E-state index in [1.54, 1.807) is 12.2 Å². The van der Waals surface area contributed by atoms with E-state index in [1.165, 1.54) is 0 Å². The van der Waals surface area contributed by atoms with Crippen molar-refractivity contribution in [1.29, 1.82) is 0 Å². The molecule has 0 radical (unpaired) electrons. The molecule has 1 rings (SSSR count). The Kier molecular flexibility index (Phi) is 6.04. The van der Waals surface area contributed by atoms with Crippen LogP contribution >= 0.6 is 0 Å². The smallest absolute Gasteiger partial charge is 0.244 e. The molecule has 1 aromatic rings. The Labute approximate surface area is 103 Å². The summed E-state index contributed by atoms with van der Waals surface area (Å²) in [5, 5.41) is 2.89. The molecule has 0 bridgehead atoms. The summed E-state index contributed by atoms with van der Waals surface area (Å²) in [7, 11) is 0. The van der Waals surface area contributed by atoms with Gasteiger partial charge in [-0.2, -0.15) is 0 Å². The monoisotopic (exact) mass is 232 g/mol. The quantitative estimate of drug-likeness (QED) is 0.736. The fourth-order valence-electron chi connectivity index (χ4n) is 1.58. The molecule has 0 spiro atoms. The first-order valence-corrected chi connectivity index (χ1v) is 6.00. The summed E-state index contributed by atoms with van der Waals surface area (Å²) < 4.78 is 0. The standard InChI is InChI=1S/C14H20N2O/c1-2-6-13(11-15)16-14(17)10-9-12-7-4-3-5-8-12/h3-5,7-10,13H,2,6,11,15H2,1H3,(H,16,17). The zero-order valence-corrected chi connectivity index (χ0v) is 10.2. The molecule has 1 aromatic carbocycles. The van der Waals surface area contributed by atoms with Gasteiger partial charge in [-0.25, -0.2) is 0 Å². The van der Waals surface area contributed by atoms with Crippen molar-refractivity contribution in [3.8, 4) is 0 Å². The first-order chi connectivity index (χ1) is 8.26. The highest BCUT2D eigenvalue weighted by Crippen LogP contribution is 2.01. The van der Waals surface area contributed by atoms with Gasteiger partial charge in [-0.1, -0.05) is 43.7 Å². The minimum absolute atomic E-state index is 0.0768. The van der Waals surface area contributed by atoms with Crippen LogP contribution in [0.4, 0.5) is 0 Å². The number of carbonyl (C=O) groups is 1. The molecule has 0 aliphatic carbocycles. The lowest BCUT2D eigenvalue weighted by Crippen LogP contribution is -2.39. The fraction of sp³-hybridized carbons (Fsp3) is 0.357. The maximum atomic E-state index is 11.6. The molecule has 0 fully saturated rings. The van der Waals surface area contributed by atoms with Crippen LogP contribution in [0.1, 0.15) is 25.3 Å². The third kappa shape index (κ3) is 5.31. The molecular weight excluding hydrogens is 212 g/mol. The van der Waals surface area contributed by atoms with Crippen molar-refractivity contribution >= 4 is 12.0 Å². The number of nitrogens with two attached hydrogens (primary N) is 1. The normalized spacial score (nSPS) is 12.6. The Morgan fingerprint density at radius 1 is 1.41 bits per heavy atom. The van der Waals surface area contributed by atoms with Crippen molar-refractivity contribution in [1.82, 2.24) is 5.32 Å². The van der Waals surface area contributed by atoms with Crippen molar-refractivity contribution in [2.45, 2.75) is 25.8 Å². The maximum Gasteiger partial charge on any atom is 0.244 e. The van der Waals surface area contributed by atoms with Crippen LogP contribution in [0, 0.1) is 0 Å². The average molecular weight is 232 g/mol. The summed E-state index contributed by atoms with van der Waals surface area (Å²) >= 11 is 0. The Morgan fingerprint density at radius 3 is 2.71 bits per heavy atom. The predicted octanol–water partition coefficient (Wildman–Crippen LogP) is 1.94. The van der Waals surface area contributed by atoms with Gasteiger partial charge < -0.3 is 11.1 Å². The van der Waals surface area contributed by atoms with Crippen LogP contribution in [0.2, 0.25) is 0 Å². The van der Waals surface area contributed by atoms with Gasteiger partial charge in [-0.3, -0.25) is 4.79 Å². The number of benzene rings is 1. The van der Waals surface area contributed by atoms with E-state index < -0.39 is 0 Å². The summed E-state index contributed by atoms with van der Waals surface area (Å²) in [6.45, 7) is 2.56. The minimum atomic E-state index is -0.0854. The first kappa shape index (κ1) is 13.5. The lowest BCUT2D eigenvalue weighted by Gasteiger charge is -2.14. The third-order valence-corrected chi connectivity index (χ3v) is 2.49. The van der Waals surface area contributed by atoms with Crippen LogP contribution in [0.25, 0.3) is 6.08 Å². The molecule has 1 amide bonds. The lowest BCUT2D eigenvalue weighted by molar-refractivity contribution is -0.117. The molecule has 0 aromatic heterocycles. The van der Waals surface area contributed by atoms with E-state index in [9.17, 15) is 4.79 Å². The van der Waals surface area contributed by atoms with Crippen molar-refractivity contribution in [2.24, 2.45) is 5.73 Å². The molecule has 3 heteroatoms. The van der Waals surface area contributed by atoms with Gasteiger partial charge in [0.15, 0.2) is 0 Å². The zero-order valence-electron chi connectivity index (χ0n) is 10.2. The van der Waals surface area contributed by atoms with E-state index in [4.69, 9.17) is 5.73 Å². The van der Waals surface area contributed by atoms with Gasteiger partial charge in [0, 0.05) is 18.7 Å². The Hall–Kier alpha value is -1.61. The van der Waals surface area contributed by atoms with E-state index in [1.807, 2.05) is 30.3 Å². The second-order valence-electron chi connectivity index (χ2n) is 3.97. The van der Waals surface area contributed by atoms with E-state index in [0.29, 0.717) is 6.54 Å². The molecule has 0 saturated heterocycles. The van der Waals surface area contributed by atoms with Gasteiger partial charge in [0.1, 0.15) is 0 Å². The predicted molar refractivity (Wildman–Crippen MR) is 71.4 cm³/mol. The van der Waals surface area contributed by atoms with Crippen LogP contribution in [0.15, 0.2) is 36.4 Å². The largest absolute Gasteiger partial charge is 0.349 e. The Bertz CT molecular complexity index is 360. The number of hydrogen-bond donors (Lipinski definition) is 2. The second kappa shape index (κ2) is 7.63. The van der Waals surface area contributed by atoms with Crippen molar-refractivity contribution in [2.75, 3.05) is 6.54 Å². The van der Waals surface area contributed by atoms with Crippen LogP contribution < -0.4 is 11.1 Å². The van der Waals surface area contributed by atoms with Gasteiger partial charge in [0.05, 0.1) is 0 Å². The van der Waals surface area contributed by atoms with Crippen molar-refractivity contribution < 1.29 is 4.79 Å². The van der Waals surface area contributed by atoms with Gasteiger partial charge in [0.25, 0.3) is 0 Å².